The predicted octanol–water partition coefficient (Wildman–Crippen LogP) is 2.65. The average Bonchev–Trinajstić information content (AvgIpc) is 3.11. The monoisotopic (exact) mass is 285 g/mol. The van der Waals surface area contributed by atoms with Crippen LogP contribution in [0.1, 0.15) is 37.1 Å². The van der Waals surface area contributed by atoms with Gasteiger partial charge in [0.1, 0.15) is 5.76 Å². The van der Waals surface area contributed by atoms with Crippen LogP contribution in [0.5, 0.6) is 0 Å². The fourth-order valence-corrected chi connectivity index (χ4v) is 2.71. The van der Waals surface area contributed by atoms with Crippen LogP contribution in [0.2, 0.25) is 0 Å². The van der Waals surface area contributed by atoms with Crippen molar-refractivity contribution >= 4 is 5.91 Å². The van der Waals surface area contributed by atoms with Gasteiger partial charge in [-0.1, -0.05) is 12.8 Å². The molecule has 1 fully saturated rings. The van der Waals surface area contributed by atoms with E-state index >= 15 is 0 Å². The quantitative estimate of drug-likeness (QED) is 0.937. The number of carbonyl (C=O) groups excluding carboxylic acids is 1. The summed E-state index contributed by atoms with van der Waals surface area (Å²) in [6.07, 6.45) is 8.27. The lowest BCUT2D eigenvalue weighted by atomic mass is 10.2. The summed E-state index contributed by atoms with van der Waals surface area (Å²) in [5.41, 5.74) is 1.52. The number of aryl methyl sites for hydroxylation is 1. The average molecular weight is 285 g/mol. The molecule has 0 atom stereocenters. The van der Waals surface area contributed by atoms with E-state index in [9.17, 15) is 4.79 Å². The van der Waals surface area contributed by atoms with Crippen LogP contribution < -0.4 is 5.32 Å². The molecule has 2 aromatic rings. The van der Waals surface area contributed by atoms with Gasteiger partial charge in [-0.15, -0.1) is 0 Å². The van der Waals surface area contributed by atoms with Crippen molar-refractivity contribution in [1.82, 2.24) is 15.3 Å². The molecular formula is C16H19N3O2. The van der Waals surface area contributed by atoms with E-state index in [0.717, 1.165) is 18.4 Å². The molecule has 1 saturated carbocycles. The molecule has 0 unspecified atom stereocenters. The fourth-order valence-electron chi connectivity index (χ4n) is 2.71. The minimum Gasteiger partial charge on any atom is -0.441 e. The lowest BCUT2D eigenvalue weighted by Crippen LogP contribution is -2.33. The van der Waals surface area contributed by atoms with Crippen LogP contribution in [-0.4, -0.2) is 21.9 Å². The predicted molar refractivity (Wildman–Crippen MR) is 78.6 cm³/mol. The van der Waals surface area contributed by atoms with Crippen molar-refractivity contribution in [2.24, 2.45) is 0 Å². The lowest BCUT2D eigenvalue weighted by Gasteiger charge is -2.10. The van der Waals surface area contributed by atoms with Crippen LogP contribution in [0.4, 0.5) is 0 Å². The number of nitrogens with zero attached hydrogens (tertiary/aromatic N) is 2. The number of nitrogens with one attached hydrogen (secondary N) is 1. The zero-order valence-corrected chi connectivity index (χ0v) is 12.1. The molecule has 0 aromatic carbocycles. The third-order valence-electron chi connectivity index (χ3n) is 3.85. The summed E-state index contributed by atoms with van der Waals surface area (Å²) < 4.78 is 5.64. The Labute approximate surface area is 123 Å². The Kier molecular flexibility index (Phi) is 3.99. The van der Waals surface area contributed by atoms with E-state index < -0.39 is 0 Å². The van der Waals surface area contributed by atoms with E-state index in [1.54, 1.807) is 12.4 Å². The highest BCUT2D eigenvalue weighted by atomic mass is 16.4. The molecule has 0 saturated heterocycles. The summed E-state index contributed by atoms with van der Waals surface area (Å²) in [5, 5.41) is 3.07. The summed E-state index contributed by atoms with van der Waals surface area (Å²) >= 11 is 0. The Balaban J connectivity index is 1.68. The SMILES string of the molecule is Cc1oc(-c2cccnc2)nc1CC(=O)NC1CCCC1. The van der Waals surface area contributed by atoms with Gasteiger partial charge in [0.05, 0.1) is 17.7 Å². The largest absolute Gasteiger partial charge is 0.441 e. The number of hydrogen-bond donors (Lipinski definition) is 1. The summed E-state index contributed by atoms with van der Waals surface area (Å²) in [4.78, 5) is 20.5. The molecule has 21 heavy (non-hydrogen) atoms. The van der Waals surface area contributed by atoms with Crippen LogP contribution in [0.3, 0.4) is 0 Å². The van der Waals surface area contributed by atoms with Gasteiger partial charge in [-0.05, 0) is 31.9 Å². The highest BCUT2D eigenvalue weighted by Gasteiger charge is 2.19. The van der Waals surface area contributed by atoms with Crippen molar-refractivity contribution in [2.75, 3.05) is 0 Å². The van der Waals surface area contributed by atoms with Crippen molar-refractivity contribution in [3.8, 4) is 11.5 Å². The molecule has 1 aliphatic rings. The second-order valence-corrected chi connectivity index (χ2v) is 5.49. The lowest BCUT2D eigenvalue weighted by molar-refractivity contribution is -0.121. The van der Waals surface area contributed by atoms with Gasteiger partial charge >= 0.3 is 0 Å². The van der Waals surface area contributed by atoms with Crippen LogP contribution in [0.25, 0.3) is 11.5 Å². The Bertz CT molecular complexity index is 616. The highest BCUT2D eigenvalue weighted by molar-refractivity contribution is 5.78. The third-order valence-corrected chi connectivity index (χ3v) is 3.85. The van der Waals surface area contributed by atoms with Crippen LogP contribution in [0, 0.1) is 6.92 Å². The Morgan fingerprint density at radius 1 is 1.43 bits per heavy atom. The van der Waals surface area contributed by atoms with E-state index in [1.807, 2.05) is 19.1 Å². The molecule has 3 rings (SSSR count). The number of hydrogen-bond acceptors (Lipinski definition) is 4. The smallest absolute Gasteiger partial charge is 0.228 e. The summed E-state index contributed by atoms with van der Waals surface area (Å²) in [6.45, 7) is 1.84. The first-order valence-corrected chi connectivity index (χ1v) is 7.38. The van der Waals surface area contributed by atoms with E-state index in [2.05, 4.69) is 15.3 Å². The molecule has 2 aromatic heterocycles. The van der Waals surface area contributed by atoms with Crippen molar-refractivity contribution in [1.29, 1.82) is 0 Å². The van der Waals surface area contributed by atoms with Gasteiger partial charge in [0, 0.05) is 18.4 Å². The van der Waals surface area contributed by atoms with Crippen molar-refractivity contribution in [3.05, 3.63) is 36.0 Å². The number of aromatic nitrogens is 2. The minimum absolute atomic E-state index is 0.0241. The van der Waals surface area contributed by atoms with Crippen molar-refractivity contribution < 1.29 is 9.21 Å². The maximum Gasteiger partial charge on any atom is 0.228 e. The number of rotatable bonds is 4. The highest BCUT2D eigenvalue weighted by Crippen LogP contribution is 2.21. The molecule has 0 aliphatic heterocycles. The van der Waals surface area contributed by atoms with Crippen LogP contribution in [-0.2, 0) is 11.2 Å². The Morgan fingerprint density at radius 3 is 2.95 bits per heavy atom. The number of carbonyl (C=O) groups is 1. The molecule has 110 valence electrons. The Morgan fingerprint density at radius 2 is 2.24 bits per heavy atom. The second kappa shape index (κ2) is 6.08. The van der Waals surface area contributed by atoms with Gasteiger partial charge in [-0.2, -0.15) is 0 Å². The minimum atomic E-state index is 0.0241. The maximum atomic E-state index is 12.1. The first-order chi connectivity index (χ1) is 10.2. The molecule has 5 heteroatoms. The molecule has 1 N–H and O–H groups in total. The van der Waals surface area contributed by atoms with E-state index in [-0.39, 0.29) is 12.3 Å². The zero-order chi connectivity index (χ0) is 14.7. The summed E-state index contributed by atoms with van der Waals surface area (Å²) in [6, 6.07) is 4.06. The molecule has 0 spiro atoms. The van der Waals surface area contributed by atoms with E-state index in [0.29, 0.717) is 23.4 Å². The molecule has 2 heterocycles. The van der Waals surface area contributed by atoms with E-state index in [4.69, 9.17) is 4.42 Å². The third kappa shape index (κ3) is 3.29. The van der Waals surface area contributed by atoms with Crippen LogP contribution >= 0.6 is 0 Å². The first-order valence-electron chi connectivity index (χ1n) is 7.38. The van der Waals surface area contributed by atoms with Gasteiger partial charge in [0.2, 0.25) is 11.8 Å². The standard InChI is InChI=1S/C16H19N3O2/c1-11-14(9-15(20)18-13-6-2-3-7-13)19-16(21-11)12-5-4-8-17-10-12/h4-5,8,10,13H,2-3,6-7,9H2,1H3,(H,18,20). The zero-order valence-electron chi connectivity index (χ0n) is 12.1. The van der Waals surface area contributed by atoms with E-state index in [1.165, 1.54) is 12.8 Å². The topological polar surface area (TPSA) is 68.0 Å². The number of oxazole rings is 1. The molecule has 1 amide bonds. The van der Waals surface area contributed by atoms with Crippen molar-refractivity contribution in [2.45, 2.75) is 45.1 Å². The molecule has 1 aliphatic carbocycles. The molecule has 5 nitrogen and oxygen atoms in total. The number of pyridine rings is 1. The summed E-state index contributed by atoms with van der Waals surface area (Å²) in [5.74, 6) is 1.23. The second-order valence-electron chi connectivity index (χ2n) is 5.49. The summed E-state index contributed by atoms with van der Waals surface area (Å²) in [7, 11) is 0. The first kappa shape index (κ1) is 13.8. The molecular weight excluding hydrogens is 266 g/mol. The van der Waals surface area contributed by atoms with Crippen molar-refractivity contribution in [3.63, 3.8) is 0 Å². The molecule has 0 bridgehead atoms. The van der Waals surface area contributed by atoms with Gasteiger partial charge in [0.25, 0.3) is 0 Å². The molecule has 0 radical (unpaired) electrons. The van der Waals surface area contributed by atoms with Gasteiger partial charge in [-0.25, -0.2) is 4.98 Å². The normalized spacial score (nSPS) is 15.3. The number of amides is 1. The fraction of sp³-hybridized carbons (Fsp3) is 0.438. The van der Waals surface area contributed by atoms with Crippen LogP contribution in [0.15, 0.2) is 28.9 Å². The van der Waals surface area contributed by atoms with Gasteiger partial charge in [0.15, 0.2) is 0 Å². The maximum absolute atomic E-state index is 12.1. The Hall–Kier alpha value is -2.17. The van der Waals surface area contributed by atoms with Gasteiger partial charge < -0.3 is 9.73 Å². The van der Waals surface area contributed by atoms with Gasteiger partial charge in [-0.3, -0.25) is 9.78 Å².